The second-order valence-corrected chi connectivity index (χ2v) is 7.06. The number of aliphatic imine (C=N–C) groups is 1. The normalized spacial score (nSPS) is 11.0. The van der Waals surface area contributed by atoms with E-state index in [-0.39, 0.29) is 12.5 Å². The number of ether oxygens (including phenoxy) is 2. The minimum Gasteiger partial charge on any atom is -0.494 e. The molecular weight excluding hydrogens is 380 g/mol. The third-order valence-corrected chi connectivity index (χ3v) is 4.44. The van der Waals surface area contributed by atoms with Gasteiger partial charge in [0.25, 0.3) is 5.91 Å². The summed E-state index contributed by atoms with van der Waals surface area (Å²) in [6.07, 6.45) is 0. The van der Waals surface area contributed by atoms with Crippen LogP contribution in [0.25, 0.3) is 0 Å². The van der Waals surface area contributed by atoms with Gasteiger partial charge in [0, 0.05) is 41.3 Å². The van der Waals surface area contributed by atoms with Crippen molar-refractivity contribution in [1.82, 2.24) is 15.1 Å². The second-order valence-electron chi connectivity index (χ2n) is 7.06. The molecule has 1 amide bonds. The Hall–Kier alpha value is -3.22. The molecule has 0 heterocycles. The molecule has 0 unspecified atom stereocenters. The van der Waals surface area contributed by atoms with Crippen LogP contribution in [0.1, 0.15) is 18.1 Å². The molecular formula is C23H32N4O3. The molecule has 7 nitrogen and oxygen atoms in total. The Kier molecular flexibility index (Phi) is 9.00. The molecule has 0 radical (unpaired) electrons. The Morgan fingerprint density at radius 3 is 2.37 bits per heavy atom. The molecule has 0 fully saturated rings. The zero-order valence-electron chi connectivity index (χ0n) is 18.5. The highest BCUT2D eigenvalue weighted by molar-refractivity contribution is 5.79. The Bertz CT molecular complexity index is 835. The lowest BCUT2D eigenvalue weighted by Gasteiger charge is -2.22. The van der Waals surface area contributed by atoms with Crippen LogP contribution >= 0.6 is 0 Å². The highest BCUT2D eigenvalue weighted by Gasteiger charge is 2.08. The van der Waals surface area contributed by atoms with Gasteiger partial charge in [-0.3, -0.25) is 9.79 Å². The average Bonchev–Trinajstić information content (AvgIpc) is 2.74. The first-order valence-electron chi connectivity index (χ1n) is 9.98. The molecule has 0 saturated heterocycles. The van der Waals surface area contributed by atoms with Crippen molar-refractivity contribution in [2.45, 2.75) is 20.0 Å². The summed E-state index contributed by atoms with van der Waals surface area (Å²) in [5.41, 5.74) is 2.21. The van der Waals surface area contributed by atoms with E-state index in [4.69, 9.17) is 9.47 Å². The third-order valence-electron chi connectivity index (χ3n) is 4.44. The number of nitrogens with zero attached hydrogens (tertiary/aromatic N) is 3. The number of amides is 1. The standard InChI is InChI=1S/C23H32N4O3/c1-6-29-20-12-10-18(11-13-20)16-27(5)23(24-2)25-15-19-8-7-9-21(14-19)30-17-22(28)26(3)4/h7-14H,6,15-17H2,1-5H3,(H,24,25). The first-order chi connectivity index (χ1) is 14.4. The van der Waals surface area contributed by atoms with Gasteiger partial charge in [0.05, 0.1) is 6.61 Å². The lowest BCUT2D eigenvalue weighted by Crippen LogP contribution is -2.38. The van der Waals surface area contributed by atoms with Crippen LogP contribution in [0.15, 0.2) is 53.5 Å². The van der Waals surface area contributed by atoms with Gasteiger partial charge in [-0.05, 0) is 42.3 Å². The second kappa shape index (κ2) is 11.7. The van der Waals surface area contributed by atoms with Gasteiger partial charge in [0.15, 0.2) is 12.6 Å². The molecule has 162 valence electrons. The third kappa shape index (κ3) is 7.31. The number of guanidine groups is 1. The molecule has 0 atom stereocenters. The smallest absolute Gasteiger partial charge is 0.259 e. The topological polar surface area (TPSA) is 66.4 Å². The first-order valence-corrected chi connectivity index (χ1v) is 9.98. The first kappa shape index (κ1) is 23.1. The number of carbonyl (C=O) groups excluding carboxylic acids is 1. The van der Waals surface area contributed by atoms with Crippen LogP contribution < -0.4 is 14.8 Å². The van der Waals surface area contributed by atoms with E-state index >= 15 is 0 Å². The van der Waals surface area contributed by atoms with E-state index in [0.717, 1.165) is 23.8 Å². The summed E-state index contributed by atoms with van der Waals surface area (Å²) < 4.78 is 11.1. The van der Waals surface area contributed by atoms with Crippen LogP contribution in [0.2, 0.25) is 0 Å². The molecule has 2 aromatic carbocycles. The van der Waals surface area contributed by atoms with Crippen LogP contribution in [0.5, 0.6) is 11.5 Å². The monoisotopic (exact) mass is 412 g/mol. The average molecular weight is 413 g/mol. The summed E-state index contributed by atoms with van der Waals surface area (Å²) in [5, 5.41) is 3.37. The van der Waals surface area contributed by atoms with Gasteiger partial charge in [0.1, 0.15) is 11.5 Å². The van der Waals surface area contributed by atoms with Crippen LogP contribution in [0.3, 0.4) is 0 Å². The fraction of sp³-hybridized carbons (Fsp3) is 0.391. The fourth-order valence-electron chi connectivity index (χ4n) is 2.79. The molecule has 30 heavy (non-hydrogen) atoms. The van der Waals surface area contributed by atoms with Crippen LogP contribution in [-0.2, 0) is 17.9 Å². The van der Waals surface area contributed by atoms with Crippen molar-refractivity contribution >= 4 is 11.9 Å². The summed E-state index contributed by atoms with van der Waals surface area (Å²) >= 11 is 0. The van der Waals surface area contributed by atoms with Crippen molar-refractivity contribution in [3.63, 3.8) is 0 Å². The highest BCUT2D eigenvalue weighted by Crippen LogP contribution is 2.15. The van der Waals surface area contributed by atoms with Gasteiger partial charge >= 0.3 is 0 Å². The molecule has 0 bridgehead atoms. The quantitative estimate of drug-likeness (QED) is 0.507. The molecule has 0 aliphatic carbocycles. The maximum Gasteiger partial charge on any atom is 0.259 e. The number of nitrogens with one attached hydrogen (secondary N) is 1. The zero-order valence-corrected chi connectivity index (χ0v) is 18.5. The number of benzene rings is 2. The minimum atomic E-state index is -0.0742. The van der Waals surface area contributed by atoms with Gasteiger partial charge in [-0.15, -0.1) is 0 Å². The van der Waals surface area contributed by atoms with Gasteiger partial charge < -0.3 is 24.6 Å². The maximum absolute atomic E-state index is 11.7. The summed E-state index contributed by atoms with van der Waals surface area (Å²) in [6, 6.07) is 15.8. The zero-order chi connectivity index (χ0) is 21.9. The number of likely N-dealkylation sites (N-methyl/N-ethyl adjacent to an activating group) is 1. The van der Waals surface area contributed by atoms with E-state index in [1.807, 2.05) is 50.4 Å². The SMILES string of the molecule is CCOc1ccc(CN(C)C(=NC)NCc2cccc(OCC(=O)N(C)C)c2)cc1. The number of rotatable bonds is 9. The van der Waals surface area contributed by atoms with Crippen LogP contribution in [0.4, 0.5) is 0 Å². The molecule has 2 aromatic rings. The molecule has 0 aliphatic heterocycles. The maximum atomic E-state index is 11.7. The van der Waals surface area contributed by atoms with Crippen LogP contribution in [-0.4, -0.2) is 63.1 Å². The van der Waals surface area contributed by atoms with Crippen molar-refractivity contribution in [2.24, 2.45) is 4.99 Å². The summed E-state index contributed by atoms with van der Waals surface area (Å²) in [5.74, 6) is 2.26. The van der Waals surface area contributed by atoms with E-state index in [9.17, 15) is 4.79 Å². The Morgan fingerprint density at radius 2 is 1.73 bits per heavy atom. The summed E-state index contributed by atoms with van der Waals surface area (Å²) in [6.45, 7) is 3.98. The van der Waals surface area contributed by atoms with Crippen molar-refractivity contribution < 1.29 is 14.3 Å². The number of carbonyl (C=O) groups is 1. The fourth-order valence-corrected chi connectivity index (χ4v) is 2.79. The molecule has 0 spiro atoms. The molecule has 0 saturated carbocycles. The Balaban J connectivity index is 1.90. The van der Waals surface area contributed by atoms with Crippen molar-refractivity contribution in [1.29, 1.82) is 0 Å². The lowest BCUT2D eigenvalue weighted by atomic mass is 10.2. The van der Waals surface area contributed by atoms with Crippen molar-refractivity contribution in [3.05, 3.63) is 59.7 Å². The molecule has 0 aliphatic rings. The molecule has 0 aromatic heterocycles. The Morgan fingerprint density at radius 1 is 1.00 bits per heavy atom. The summed E-state index contributed by atoms with van der Waals surface area (Å²) in [7, 11) is 7.19. The molecule has 7 heteroatoms. The lowest BCUT2D eigenvalue weighted by molar-refractivity contribution is -0.130. The predicted octanol–water partition coefficient (Wildman–Crippen LogP) is 2.76. The largest absolute Gasteiger partial charge is 0.494 e. The highest BCUT2D eigenvalue weighted by atomic mass is 16.5. The van der Waals surface area contributed by atoms with Crippen molar-refractivity contribution in [2.75, 3.05) is 41.4 Å². The minimum absolute atomic E-state index is 0.0242. The predicted molar refractivity (Wildman–Crippen MR) is 120 cm³/mol. The van der Waals surface area contributed by atoms with Crippen LogP contribution in [0, 0.1) is 0 Å². The molecule has 2 rings (SSSR count). The van der Waals surface area contributed by atoms with Gasteiger partial charge in [-0.2, -0.15) is 0 Å². The van der Waals surface area contributed by atoms with Crippen molar-refractivity contribution in [3.8, 4) is 11.5 Å². The number of hydrogen-bond acceptors (Lipinski definition) is 4. The molecule has 1 N–H and O–H groups in total. The Labute approximate surface area is 179 Å². The van der Waals surface area contributed by atoms with Gasteiger partial charge in [0.2, 0.25) is 0 Å². The van der Waals surface area contributed by atoms with E-state index in [2.05, 4.69) is 27.3 Å². The van der Waals surface area contributed by atoms with E-state index in [1.165, 1.54) is 10.5 Å². The van der Waals surface area contributed by atoms with E-state index < -0.39 is 0 Å². The van der Waals surface area contributed by atoms with Gasteiger partial charge in [-0.1, -0.05) is 24.3 Å². The number of hydrogen-bond donors (Lipinski definition) is 1. The summed E-state index contributed by atoms with van der Waals surface area (Å²) in [4.78, 5) is 19.6. The van der Waals surface area contributed by atoms with E-state index in [1.54, 1.807) is 21.1 Å². The van der Waals surface area contributed by atoms with Gasteiger partial charge in [-0.25, -0.2) is 0 Å². The van der Waals surface area contributed by atoms with E-state index in [0.29, 0.717) is 18.9 Å².